The number of anilines is 1. The molecule has 2 aromatic rings. The maximum absolute atomic E-state index is 14.0. The Labute approximate surface area is 164 Å². The predicted molar refractivity (Wildman–Crippen MR) is 106 cm³/mol. The van der Waals surface area contributed by atoms with Crippen LogP contribution >= 0.6 is 0 Å². The number of rotatable bonds is 5. The maximum Gasteiger partial charge on any atom is 0.272 e. The van der Waals surface area contributed by atoms with Crippen LogP contribution < -0.4 is 10.2 Å². The fraction of sp³-hybridized carbons (Fsp3) is 0.381. The van der Waals surface area contributed by atoms with Crippen molar-refractivity contribution >= 4 is 17.5 Å². The highest BCUT2D eigenvalue weighted by molar-refractivity contribution is 5.98. The lowest BCUT2D eigenvalue weighted by Crippen LogP contribution is -2.49. The fourth-order valence-corrected chi connectivity index (χ4v) is 3.11. The fourth-order valence-electron chi connectivity index (χ4n) is 3.11. The average Bonchev–Trinajstić information content (AvgIpc) is 2.72. The molecule has 0 atom stereocenters. The number of pyridine rings is 1. The molecule has 28 heavy (non-hydrogen) atoms. The topological polar surface area (TPSA) is 65.5 Å². The van der Waals surface area contributed by atoms with Crippen LogP contribution in [0.1, 0.15) is 34.7 Å². The van der Waals surface area contributed by atoms with Crippen molar-refractivity contribution in [2.24, 2.45) is 5.92 Å². The van der Waals surface area contributed by atoms with Gasteiger partial charge in [-0.25, -0.2) is 4.39 Å². The molecule has 0 bridgehead atoms. The van der Waals surface area contributed by atoms with Crippen LogP contribution in [0.25, 0.3) is 0 Å². The molecule has 0 spiro atoms. The van der Waals surface area contributed by atoms with Crippen molar-refractivity contribution in [2.75, 3.05) is 37.6 Å². The second-order valence-corrected chi connectivity index (χ2v) is 7.26. The number of piperazine rings is 1. The van der Waals surface area contributed by atoms with Crippen molar-refractivity contribution < 1.29 is 14.0 Å². The highest BCUT2D eigenvalue weighted by atomic mass is 19.1. The quantitative estimate of drug-likeness (QED) is 0.861. The number of aromatic nitrogens is 1. The summed E-state index contributed by atoms with van der Waals surface area (Å²) in [6.45, 7) is 6.63. The molecule has 0 unspecified atom stereocenters. The minimum atomic E-state index is -0.260. The first-order valence-electron chi connectivity index (χ1n) is 9.48. The van der Waals surface area contributed by atoms with Gasteiger partial charge in [-0.2, -0.15) is 0 Å². The molecule has 1 saturated heterocycles. The Morgan fingerprint density at radius 2 is 1.86 bits per heavy atom. The van der Waals surface area contributed by atoms with E-state index >= 15 is 0 Å². The number of para-hydroxylation sites is 1. The van der Waals surface area contributed by atoms with Crippen LogP contribution in [0.15, 0.2) is 42.6 Å². The molecule has 2 amide bonds. The maximum atomic E-state index is 14.0. The first-order valence-corrected chi connectivity index (χ1v) is 9.48. The van der Waals surface area contributed by atoms with Crippen molar-refractivity contribution in [1.82, 2.24) is 15.2 Å². The lowest BCUT2D eigenvalue weighted by atomic mass is 10.1. The molecule has 1 aliphatic rings. The van der Waals surface area contributed by atoms with Crippen LogP contribution in [0.2, 0.25) is 0 Å². The number of hydrogen-bond donors (Lipinski definition) is 1. The van der Waals surface area contributed by atoms with E-state index in [0.717, 1.165) is 0 Å². The Morgan fingerprint density at radius 1 is 1.14 bits per heavy atom. The number of benzene rings is 1. The summed E-state index contributed by atoms with van der Waals surface area (Å²) in [5.41, 5.74) is 1.22. The van der Waals surface area contributed by atoms with Crippen LogP contribution in [-0.4, -0.2) is 54.4 Å². The molecule has 1 fully saturated rings. The number of carbonyl (C=O) groups excluding carboxylic acids is 2. The van der Waals surface area contributed by atoms with Crippen molar-refractivity contribution in [3.8, 4) is 0 Å². The molecule has 1 N–H and O–H groups in total. The molecule has 1 aliphatic heterocycles. The van der Waals surface area contributed by atoms with Gasteiger partial charge in [0.25, 0.3) is 11.8 Å². The highest BCUT2D eigenvalue weighted by Crippen LogP contribution is 2.20. The van der Waals surface area contributed by atoms with Crippen LogP contribution in [0.4, 0.5) is 10.1 Å². The number of nitrogens with one attached hydrogen (secondary N) is 1. The first-order chi connectivity index (χ1) is 13.5. The van der Waals surface area contributed by atoms with Gasteiger partial charge >= 0.3 is 0 Å². The number of halogens is 1. The second-order valence-electron chi connectivity index (χ2n) is 7.26. The third-order valence-electron chi connectivity index (χ3n) is 4.67. The second kappa shape index (κ2) is 8.82. The molecule has 6 nitrogen and oxygen atoms in total. The standard InChI is InChI=1S/C21H25FN4O2/c1-15(2)14-24-20(27)16-7-8-23-18(13-16)21(28)26-11-9-25(10-12-26)19-6-4-3-5-17(19)22/h3-8,13,15H,9-12,14H2,1-2H3,(H,24,27). The molecule has 0 saturated carbocycles. The van der Waals surface area contributed by atoms with E-state index in [9.17, 15) is 14.0 Å². The average molecular weight is 384 g/mol. The summed E-state index contributed by atoms with van der Waals surface area (Å²) >= 11 is 0. The normalized spacial score (nSPS) is 14.3. The van der Waals surface area contributed by atoms with Crippen molar-refractivity contribution in [3.63, 3.8) is 0 Å². The molecular formula is C21H25FN4O2. The molecule has 7 heteroatoms. The SMILES string of the molecule is CC(C)CNC(=O)c1ccnc(C(=O)N2CCN(c3ccccc3F)CC2)c1. The van der Waals surface area contributed by atoms with E-state index in [-0.39, 0.29) is 23.3 Å². The van der Waals surface area contributed by atoms with Gasteiger partial charge in [0, 0.05) is 44.5 Å². The van der Waals surface area contributed by atoms with Gasteiger partial charge in [0.05, 0.1) is 5.69 Å². The van der Waals surface area contributed by atoms with E-state index in [1.807, 2.05) is 18.7 Å². The van der Waals surface area contributed by atoms with Gasteiger partial charge in [0.1, 0.15) is 11.5 Å². The lowest BCUT2D eigenvalue weighted by Gasteiger charge is -2.36. The number of carbonyl (C=O) groups is 2. The lowest BCUT2D eigenvalue weighted by molar-refractivity contribution is 0.0740. The third kappa shape index (κ3) is 4.65. The van der Waals surface area contributed by atoms with Gasteiger partial charge in [-0.05, 0) is 30.2 Å². The summed E-state index contributed by atoms with van der Waals surface area (Å²) in [7, 11) is 0. The van der Waals surface area contributed by atoms with Crippen LogP contribution in [-0.2, 0) is 0 Å². The zero-order valence-electron chi connectivity index (χ0n) is 16.2. The molecule has 0 aliphatic carbocycles. The number of hydrogen-bond acceptors (Lipinski definition) is 4. The minimum absolute atomic E-state index is 0.213. The van der Waals surface area contributed by atoms with Crippen molar-refractivity contribution in [1.29, 1.82) is 0 Å². The zero-order chi connectivity index (χ0) is 20.1. The summed E-state index contributed by atoms with van der Waals surface area (Å²) < 4.78 is 14.0. The van der Waals surface area contributed by atoms with E-state index in [4.69, 9.17) is 0 Å². The van der Waals surface area contributed by atoms with Gasteiger partial charge in [-0.3, -0.25) is 14.6 Å². The van der Waals surface area contributed by atoms with Crippen LogP contribution in [0, 0.1) is 11.7 Å². The Balaban J connectivity index is 1.63. The molecule has 0 radical (unpaired) electrons. The van der Waals surface area contributed by atoms with Gasteiger partial charge in [-0.1, -0.05) is 26.0 Å². The van der Waals surface area contributed by atoms with E-state index in [2.05, 4.69) is 10.3 Å². The van der Waals surface area contributed by atoms with Crippen LogP contribution in [0.5, 0.6) is 0 Å². The van der Waals surface area contributed by atoms with Crippen LogP contribution in [0.3, 0.4) is 0 Å². The number of amides is 2. The zero-order valence-corrected chi connectivity index (χ0v) is 16.2. The van der Waals surface area contributed by atoms with E-state index in [1.54, 1.807) is 29.2 Å². The van der Waals surface area contributed by atoms with E-state index in [1.165, 1.54) is 18.3 Å². The van der Waals surface area contributed by atoms with Gasteiger partial charge in [0.2, 0.25) is 0 Å². The Kier molecular flexibility index (Phi) is 6.23. The molecule has 148 valence electrons. The smallest absolute Gasteiger partial charge is 0.272 e. The van der Waals surface area contributed by atoms with Crippen molar-refractivity contribution in [3.05, 3.63) is 59.7 Å². The summed E-state index contributed by atoms with van der Waals surface area (Å²) in [5, 5.41) is 2.84. The van der Waals surface area contributed by atoms with Gasteiger partial charge in [0.15, 0.2) is 0 Å². The summed E-state index contributed by atoms with van der Waals surface area (Å²) in [4.78, 5) is 32.8. The molecular weight excluding hydrogens is 359 g/mol. The molecule has 3 rings (SSSR count). The van der Waals surface area contributed by atoms with Gasteiger partial charge in [-0.15, -0.1) is 0 Å². The monoisotopic (exact) mass is 384 g/mol. The molecule has 2 heterocycles. The molecule has 1 aromatic carbocycles. The van der Waals surface area contributed by atoms with E-state index in [0.29, 0.717) is 49.9 Å². The minimum Gasteiger partial charge on any atom is -0.366 e. The summed E-state index contributed by atoms with van der Waals surface area (Å²) in [6.07, 6.45) is 1.48. The van der Waals surface area contributed by atoms with E-state index < -0.39 is 0 Å². The molecule has 1 aromatic heterocycles. The Hall–Kier alpha value is -2.96. The summed E-state index contributed by atoms with van der Waals surface area (Å²) in [5.74, 6) is -0.345. The Morgan fingerprint density at radius 3 is 2.54 bits per heavy atom. The largest absolute Gasteiger partial charge is 0.366 e. The summed E-state index contributed by atoms with van der Waals surface area (Å²) in [6, 6.07) is 9.77. The third-order valence-corrected chi connectivity index (χ3v) is 4.67. The van der Waals surface area contributed by atoms with Gasteiger partial charge < -0.3 is 15.1 Å². The number of nitrogens with zero attached hydrogens (tertiary/aromatic N) is 3. The predicted octanol–water partition coefficient (Wildman–Crippen LogP) is 2.57. The Bertz CT molecular complexity index is 848. The van der Waals surface area contributed by atoms with Crippen molar-refractivity contribution in [2.45, 2.75) is 13.8 Å². The first kappa shape index (κ1) is 19.8. The highest BCUT2D eigenvalue weighted by Gasteiger charge is 2.24.